The molecular formula is C24H26N2O8S. The summed E-state index contributed by atoms with van der Waals surface area (Å²) in [5, 5.41) is 12.7. The standard InChI is InChI=1S/C24H26N2O8S/c1-30-15-12-14(21(31-2)23-22(15)33-13-34-23)18-17(19(27)16-4-3-11-35-16)20(28)24(29)26(18)6-5-25-7-9-32-10-8-25/h3-4,11-12,18,28H,5-10,13H2,1-2H3/t18-/m0/s1. The van der Waals surface area contributed by atoms with E-state index in [2.05, 4.69) is 4.90 Å². The number of nitrogens with zero attached hydrogens (tertiary/aromatic N) is 2. The fraction of sp³-hybridized carbons (Fsp3) is 0.417. The number of fused-ring (bicyclic) bond motifs is 1. The third-order valence-electron chi connectivity index (χ3n) is 6.36. The highest BCUT2D eigenvalue weighted by atomic mass is 32.1. The third kappa shape index (κ3) is 4.09. The monoisotopic (exact) mass is 502 g/mol. The van der Waals surface area contributed by atoms with E-state index in [-0.39, 0.29) is 18.9 Å². The quantitative estimate of drug-likeness (QED) is 0.545. The van der Waals surface area contributed by atoms with Crippen LogP contribution in [0.5, 0.6) is 23.0 Å². The zero-order valence-electron chi connectivity index (χ0n) is 19.4. The van der Waals surface area contributed by atoms with Crippen LogP contribution >= 0.6 is 11.3 Å². The Morgan fingerprint density at radius 1 is 1.17 bits per heavy atom. The molecule has 0 bridgehead atoms. The second-order valence-electron chi connectivity index (χ2n) is 8.19. The van der Waals surface area contributed by atoms with Gasteiger partial charge in [0.25, 0.3) is 5.91 Å². The fourth-order valence-electron chi connectivity index (χ4n) is 4.65. The lowest BCUT2D eigenvalue weighted by Crippen LogP contribution is -2.43. The normalized spacial score (nSPS) is 20.0. The highest BCUT2D eigenvalue weighted by Crippen LogP contribution is 2.54. The molecule has 5 rings (SSSR count). The van der Waals surface area contributed by atoms with Gasteiger partial charge in [0.1, 0.15) is 0 Å². The smallest absolute Gasteiger partial charge is 0.290 e. The summed E-state index contributed by atoms with van der Waals surface area (Å²) in [5.74, 6) is -0.172. The number of carbonyl (C=O) groups is 2. The molecule has 11 heteroatoms. The third-order valence-corrected chi connectivity index (χ3v) is 7.23. The number of thiophene rings is 1. The van der Waals surface area contributed by atoms with Gasteiger partial charge in [-0.05, 0) is 17.5 Å². The Kier molecular flexibility index (Phi) is 6.54. The van der Waals surface area contributed by atoms with Crippen molar-refractivity contribution in [1.29, 1.82) is 0 Å². The van der Waals surface area contributed by atoms with E-state index in [1.165, 1.54) is 30.5 Å². The van der Waals surface area contributed by atoms with Crippen LogP contribution in [0.4, 0.5) is 0 Å². The van der Waals surface area contributed by atoms with Crippen LogP contribution in [0, 0.1) is 0 Å². The number of methoxy groups -OCH3 is 2. The van der Waals surface area contributed by atoms with Gasteiger partial charge in [-0.2, -0.15) is 0 Å². The predicted molar refractivity (Wildman–Crippen MR) is 126 cm³/mol. The highest BCUT2D eigenvalue weighted by molar-refractivity contribution is 7.12. The van der Waals surface area contributed by atoms with Crippen molar-refractivity contribution in [3.8, 4) is 23.0 Å². The van der Waals surface area contributed by atoms with Crippen LogP contribution in [0.2, 0.25) is 0 Å². The van der Waals surface area contributed by atoms with Gasteiger partial charge in [0.15, 0.2) is 17.3 Å². The number of amides is 1. The first-order valence-corrected chi connectivity index (χ1v) is 12.1. The van der Waals surface area contributed by atoms with Crippen LogP contribution in [-0.4, -0.2) is 87.0 Å². The molecule has 3 aliphatic rings. The number of ketones is 1. The van der Waals surface area contributed by atoms with E-state index in [0.29, 0.717) is 53.2 Å². The lowest BCUT2D eigenvalue weighted by atomic mass is 9.93. The molecule has 1 aromatic heterocycles. The molecule has 0 radical (unpaired) electrons. The molecule has 1 N–H and O–H groups in total. The lowest BCUT2D eigenvalue weighted by molar-refractivity contribution is -0.129. The van der Waals surface area contributed by atoms with Crippen LogP contribution in [0.25, 0.3) is 0 Å². The second-order valence-corrected chi connectivity index (χ2v) is 9.14. The fourth-order valence-corrected chi connectivity index (χ4v) is 5.33. The maximum absolute atomic E-state index is 13.5. The molecule has 4 heterocycles. The summed E-state index contributed by atoms with van der Waals surface area (Å²) in [6.07, 6.45) is 0. The molecule has 3 aliphatic heterocycles. The summed E-state index contributed by atoms with van der Waals surface area (Å²) < 4.78 is 27.9. The van der Waals surface area contributed by atoms with E-state index in [0.717, 1.165) is 13.1 Å². The molecule has 1 aromatic carbocycles. The lowest BCUT2D eigenvalue weighted by Gasteiger charge is -2.32. The Morgan fingerprint density at radius 3 is 2.63 bits per heavy atom. The first-order valence-electron chi connectivity index (χ1n) is 11.2. The molecule has 1 saturated heterocycles. The average molecular weight is 503 g/mol. The van der Waals surface area contributed by atoms with Crippen molar-refractivity contribution < 1.29 is 38.4 Å². The largest absolute Gasteiger partial charge is 0.503 e. The van der Waals surface area contributed by atoms with Crippen molar-refractivity contribution in [3.05, 3.63) is 45.4 Å². The van der Waals surface area contributed by atoms with Crippen LogP contribution in [-0.2, 0) is 9.53 Å². The van der Waals surface area contributed by atoms with Gasteiger partial charge in [0.2, 0.25) is 24.1 Å². The van der Waals surface area contributed by atoms with Gasteiger partial charge in [0.05, 0.1) is 43.9 Å². The Bertz CT molecular complexity index is 1160. The summed E-state index contributed by atoms with van der Waals surface area (Å²) in [7, 11) is 2.97. The van der Waals surface area contributed by atoms with Gasteiger partial charge >= 0.3 is 0 Å². The number of Topliss-reactive ketones (excluding diaryl/α,β-unsaturated/α-hetero) is 1. The maximum Gasteiger partial charge on any atom is 0.290 e. The van der Waals surface area contributed by atoms with Crippen molar-refractivity contribution >= 4 is 23.0 Å². The average Bonchev–Trinajstić information content (AvgIpc) is 3.63. The summed E-state index contributed by atoms with van der Waals surface area (Å²) >= 11 is 1.25. The topological polar surface area (TPSA) is 107 Å². The summed E-state index contributed by atoms with van der Waals surface area (Å²) in [4.78, 5) is 31.0. The summed E-state index contributed by atoms with van der Waals surface area (Å²) in [6.45, 7) is 3.56. The number of ether oxygens (including phenoxy) is 5. The minimum absolute atomic E-state index is 0.00125. The van der Waals surface area contributed by atoms with Crippen molar-refractivity contribution in [3.63, 3.8) is 0 Å². The highest BCUT2D eigenvalue weighted by Gasteiger charge is 2.46. The molecule has 2 aromatic rings. The molecule has 1 amide bonds. The minimum atomic E-state index is -0.906. The molecule has 35 heavy (non-hydrogen) atoms. The zero-order chi connectivity index (χ0) is 24.5. The van der Waals surface area contributed by atoms with E-state index >= 15 is 0 Å². The van der Waals surface area contributed by atoms with Crippen molar-refractivity contribution in [2.24, 2.45) is 0 Å². The number of hydrogen-bond donors (Lipinski definition) is 1. The van der Waals surface area contributed by atoms with Gasteiger partial charge in [-0.15, -0.1) is 11.3 Å². The number of benzene rings is 1. The Hall–Kier alpha value is -3.28. The van der Waals surface area contributed by atoms with E-state index in [1.807, 2.05) is 0 Å². The molecule has 0 spiro atoms. The predicted octanol–water partition coefficient (Wildman–Crippen LogP) is 2.40. The van der Waals surface area contributed by atoms with E-state index in [1.54, 1.807) is 23.6 Å². The van der Waals surface area contributed by atoms with E-state index in [4.69, 9.17) is 23.7 Å². The first-order chi connectivity index (χ1) is 17.0. The van der Waals surface area contributed by atoms with Crippen LogP contribution in [0.1, 0.15) is 21.3 Å². The van der Waals surface area contributed by atoms with Crippen LogP contribution in [0.15, 0.2) is 34.9 Å². The summed E-state index contributed by atoms with van der Waals surface area (Å²) in [5.41, 5.74) is 0.464. The van der Waals surface area contributed by atoms with Gasteiger partial charge in [0, 0.05) is 31.7 Å². The molecule has 1 fully saturated rings. The van der Waals surface area contributed by atoms with Crippen LogP contribution < -0.4 is 18.9 Å². The van der Waals surface area contributed by atoms with Gasteiger partial charge in [-0.3, -0.25) is 14.5 Å². The van der Waals surface area contributed by atoms with Gasteiger partial charge < -0.3 is 33.7 Å². The number of morpholine rings is 1. The Balaban J connectivity index is 1.60. The number of hydrogen-bond acceptors (Lipinski definition) is 10. The molecule has 0 unspecified atom stereocenters. The van der Waals surface area contributed by atoms with Crippen LogP contribution in [0.3, 0.4) is 0 Å². The van der Waals surface area contributed by atoms with Crippen molar-refractivity contribution in [2.45, 2.75) is 6.04 Å². The summed E-state index contributed by atoms with van der Waals surface area (Å²) in [6, 6.07) is 4.19. The maximum atomic E-state index is 13.5. The van der Waals surface area contributed by atoms with Gasteiger partial charge in [-0.25, -0.2) is 0 Å². The SMILES string of the molecule is COc1cc([C@H]2C(C(=O)c3cccs3)=C(O)C(=O)N2CCN2CCOCC2)c(OC)c2c1OCO2. The second kappa shape index (κ2) is 9.76. The zero-order valence-corrected chi connectivity index (χ0v) is 20.3. The number of aliphatic hydroxyl groups is 1. The van der Waals surface area contributed by atoms with E-state index < -0.39 is 23.5 Å². The van der Waals surface area contributed by atoms with E-state index in [9.17, 15) is 14.7 Å². The molecule has 1 atom stereocenters. The van der Waals surface area contributed by atoms with Crippen molar-refractivity contribution in [1.82, 2.24) is 9.80 Å². The first kappa shape index (κ1) is 23.5. The molecule has 10 nitrogen and oxygen atoms in total. The van der Waals surface area contributed by atoms with Crippen molar-refractivity contribution in [2.75, 3.05) is 60.4 Å². The Labute approximate surface area is 206 Å². The minimum Gasteiger partial charge on any atom is -0.503 e. The van der Waals surface area contributed by atoms with Gasteiger partial charge in [-0.1, -0.05) is 6.07 Å². The molecular weight excluding hydrogens is 476 g/mol. The number of rotatable bonds is 8. The number of carbonyl (C=O) groups excluding carboxylic acids is 2. The molecule has 0 saturated carbocycles. The number of aliphatic hydroxyl groups excluding tert-OH is 1. The Morgan fingerprint density at radius 2 is 1.94 bits per heavy atom. The molecule has 186 valence electrons. The molecule has 0 aliphatic carbocycles.